The molecule has 1 atom stereocenters. The van der Waals surface area contributed by atoms with E-state index in [4.69, 9.17) is 0 Å². The third-order valence-electron chi connectivity index (χ3n) is 2.22. The Morgan fingerprint density at radius 3 is 1.78 bits per heavy atom. The van der Waals surface area contributed by atoms with Crippen molar-refractivity contribution in [1.29, 1.82) is 0 Å². The van der Waals surface area contributed by atoms with Gasteiger partial charge in [0.1, 0.15) is 0 Å². The van der Waals surface area contributed by atoms with Gasteiger partial charge in [0.2, 0.25) is 0 Å². The third kappa shape index (κ3) is 3.04. The fourth-order valence-corrected chi connectivity index (χ4v) is 2.05. The molecule has 0 aromatic carbocycles. The van der Waals surface area contributed by atoms with E-state index in [1.54, 1.807) is 5.92 Å². The van der Waals surface area contributed by atoms with Crippen molar-refractivity contribution >= 4 is 10.2 Å². The molecule has 0 aliphatic heterocycles. The second kappa shape index (κ2) is 5.04. The topological polar surface area (TPSA) is 0 Å². The zero-order valence-corrected chi connectivity index (χ0v) is 9.20. The van der Waals surface area contributed by atoms with E-state index in [9.17, 15) is 0 Å². The molecule has 0 aromatic heterocycles. The summed E-state index contributed by atoms with van der Waals surface area (Å²) < 4.78 is 0. The van der Waals surface area contributed by atoms with Crippen LogP contribution in [0.4, 0.5) is 0 Å². The smallest absolute Gasteiger partial charge is 0.00744 e. The van der Waals surface area contributed by atoms with Crippen molar-refractivity contribution in [3.63, 3.8) is 0 Å². The summed E-state index contributed by atoms with van der Waals surface area (Å²) in [4.78, 5) is 0. The van der Waals surface area contributed by atoms with Crippen LogP contribution in [0.1, 0.15) is 40.0 Å². The fourth-order valence-electron chi connectivity index (χ4n) is 1.24. The predicted octanol–water partition coefficient (Wildman–Crippen LogP) is 1.94. The summed E-state index contributed by atoms with van der Waals surface area (Å²) in [5.41, 5.74) is 0.986. The van der Waals surface area contributed by atoms with Crippen molar-refractivity contribution in [2.24, 2.45) is 0 Å². The van der Waals surface area contributed by atoms with E-state index >= 15 is 0 Å². The molecule has 0 N–H and O–H groups in total. The van der Waals surface area contributed by atoms with Crippen molar-refractivity contribution in [1.82, 2.24) is 0 Å². The van der Waals surface area contributed by atoms with Crippen LogP contribution in [0.2, 0.25) is 5.54 Å². The summed E-state index contributed by atoms with van der Waals surface area (Å²) in [7, 11) is 1.36. The van der Waals surface area contributed by atoms with Crippen LogP contribution >= 0.6 is 0 Å². The van der Waals surface area contributed by atoms with Gasteiger partial charge in [0.25, 0.3) is 0 Å². The Bertz CT molecular complexity index is 57.6. The van der Waals surface area contributed by atoms with Gasteiger partial charge in [-0.15, -0.1) is 0 Å². The molecule has 1 heteroatoms. The minimum absolute atomic E-state index is 0.986. The van der Waals surface area contributed by atoms with Crippen LogP contribution in [0.25, 0.3) is 0 Å². The summed E-state index contributed by atoms with van der Waals surface area (Å²) >= 11 is 0. The highest BCUT2D eigenvalue weighted by atomic mass is 28.1. The summed E-state index contributed by atoms with van der Waals surface area (Å²) in [5.74, 6) is 1.78. The van der Waals surface area contributed by atoms with Crippen molar-refractivity contribution in [2.45, 2.75) is 45.6 Å². The van der Waals surface area contributed by atoms with E-state index in [2.05, 4.69) is 20.8 Å². The molecule has 1 radical (unpaired) electrons. The Morgan fingerprint density at radius 1 is 1.22 bits per heavy atom. The molecule has 0 saturated heterocycles. The summed E-state index contributed by atoms with van der Waals surface area (Å²) in [6, 6.07) is 0. The maximum absolute atomic E-state index is 2.29. The van der Waals surface area contributed by atoms with Crippen LogP contribution in [-0.2, 0) is 0 Å². The average Bonchev–Trinajstić information content (AvgIpc) is 1.90. The van der Waals surface area contributed by atoms with Gasteiger partial charge in [-0.1, -0.05) is 27.2 Å². The van der Waals surface area contributed by atoms with E-state index < -0.39 is 0 Å². The van der Waals surface area contributed by atoms with Gasteiger partial charge in [0, 0.05) is 10.2 Å². The first-order valence-corrected chi connectivity index (χ1v) is 5.26. The molecule has 0 spiro atoms. The molecule has 0 amide bonds. The summed E-state index contributed by atoms with van der Waals surface area (Å²) in [5, 5.41) is 0. The maximum Gasteiger partial charge on any atom is 0.00744 e. The molecule has 0 rings (SSSR count). The lowest BCUT2D eigenvalue weighted by Gasteiger charge is -2.18. The molecule has 0 fully saturated rings. The molecule has 1 unspecified atom stereocenters. The standard InChI is InChI=1S/C8H19Si/c1-4-7(5-2)8(9)6-3/h8H,4-6H2,1-3,9H3. The maximum atomic E-state index is 2.29. The SMILES string of the molecule is CC[C](CC)C([SiH3])CC. The van der Waals surface area contributed by atoms with Gasteiger partial charge in [-0.25, -0.2) is 0 Å². The molecule has 0 saturated carbocycles. The van der Waals surface area contributed by atoms with E-state index in [0.717, 1.165) is 5.54 Å². The van der Waals surface area contributed by atoms with E-state index in [-0.39, 0.29) is 0 Å². The van der Waals surface area contributed by atoms with Crippen molar-refractivity contribution < 1.29 is 0 Å². The number of rotatable bonds is 4. The minimum atomic E-state index is 0.986. The highest BCUT2D eigenvalue weighted by Crippen LogP contribution is 2.26. The highest BCUT2D eigenvalue weighted by Gasteiger charge is 2.10. The Kier molecular flexibility index (Phi) is 5.16. The quantitative estimate of drug-likeness (QED) is 0.528. The Balaban J connectivity index is 3.50. The second-order valence-electron chi connectivity index (χ2n) is 2.67. The zero-order chi connectivity index (χ0) is 7.28. The molecule has 0 aromatic rings. The Labute approximate surface area is 62.5 Å². The predicted molar refractivity (Wildman–Crippen MR) is 47.8 cm³/mol. The Morgan fingerprint density at radius 2 is 1.67 bits per heavy atom. The molecule has 55 valence electrons. The van der Waals surface area contributed by atoms with Gasteiger partial charge >= 0.3 is 0 Å². The lowest BCUT2D eigenvalue weighted by atomic mass is 9.97. The van der Waals surface area contributed by atoms with Crippen molar-refractivity contribution in [3.05, 3.63) is 5.92 Å². The van der Waals surface area contributed by atoms with Crippen molar-refractivity contribution in [2.75, 3.05) is 0 Å². The van der Waals surface area contributed by atoms with Gasteiger partial charge in [-0.2, -0.15) is 0 Å². The first-order valence-electron chi connectivity index (χ1n) is 4.10. The van der Waals surface area contributed by atoms with Crippen LogP contribution in [0, 0.1) is 5.92 Å². The summed E-state index contributed by atoms with van der Waals surface area (Å²) in [6.07, 6.45) is 3.97. The average molecular weight is 143 g/mol. The molecular weight excluding hydrogens is 124 g/mol. The van der Waals surface area contributed by atoms with Gasteiger partial charge < -0.3 is 0 Å². The van der Waals surface area contributed by atoms with Gasteiger partial charge in [-0.3, -0.25) is 0 Å². The molecule has 9 heavy (non-hydrogen) atoms. The van der Waals surface area contributed by atoms with E-state index in [1.807, 2.05) is 0 Å². The van der Waals surface area contributed by atoms with Gasteiger partial charge in [-0.05, 0) is 24.3 Å². The molecule has 0 nitrogen and oxygen atoms in total. The molecule has 0 heterocycles. The first kappa shape index (κ1) is 9.22. The van der Waals surface area contributed by atoms with Gasteiger partial charge in [0.15, 0.2) is 0 Å². The largest absolute Gasteiger partial charge is 0.0654 e. The lowest BCUT2D eigenvalue weighted by Crippen LogP contribution is -2.03. The number of hydrogen-bond acceptors (Lipinski definition) is 0. The third-order valence-corrected chi connectivity index (χ3v) is 3.85. The molecular formula is C8H19Si. The van der Waals surface area contributed by atoms with Crippen molar-refractivity contribution in [3.8, 4) is 0 Å². The molecule has 0 bridgehead atoms. The van der Waals surface area contributed by atoms with Crippen LogP contribution < -0.4 is 0 Å². The summed E-state index contributed by atoms with van der Waals surface area (Å²) in [6.45, 7) is 6.85. The zero-order valence-electron chi connectivity index (χ0n) is 7.20. The van der Waals surface area contributed by atoms with Crippen LogP contribution in [-0.4, -0.2) is 10.2 Å². The molecule has 0 aliphatic carbocycles. The van der Waals surface area contributed by atoms with Crippen LogP contribution in [0.3, 0.4) is 0 Å². The van der Waals surface area contributed by atoms with E-state index in [1.165, 1.54) is 29.5 Å². The van der Waals surface area contributed by atoms with Crippen LogP contribution in [0.5, 0.6) is 0 Å². The highest BCUT2D eigenvalue weighted by molar-refractivity contribution is 6.13. The van der Waals surface area contributed by atoms with Gasteiger partial charge in [0.05, 0.1) is 0 Å². The normalized spacial score (nSPS) is 14.7. The molecule has 0 aliphatic rings. The van der Waals surface area contributed by atoms with Crippen LogP contribution in [0.15, 0.2) is 0 Å². The van der Waals surface area contributed by atoms with E-state index in [0.29, 0.717) is 0 Å². The first-order chi connectivity index (χ1) is 4.26. The second-order valence-corrected chi connectivity index (χ2v) is 4.07. The monoisotopic (exact) mass is 143 g/mol. The Hall–Kier alpha value is 0.217. The lowest BCUT2D eigenvalue weighted by molar-refractivity contribution is 0.687. The minimum Gasteiger partial charge on any atom is -0.0654 e. The number of hydrogen-bond donors (Lipinski definition) is 0. The fraction of sp³-hybridized carbons (Fsp3) is 0.875.